The minimum atomic E-state index is -4.43. The fourth-order valence-electron chi connectivity index (χ4n) is 1.54. The molecule has 0 amide bonds. The highest BCUT2D eigenvalue weighted by molar-refractivity contribution is 5.37. The van der Waals surface area contributed by atoms with Crippen LogP contribution < -0.4 is 10.2 Å². The summed E-state index contributed by atoms with van der Waals surface area (Å²) in [7, 11) is 0. The predicted octanol–water partition coefficient (Wildman–Crippen LogP) is 0.905. The van der Waals surface area contributed by atoms with Crippen LogP contribution in [-0.2, 0) is 6.18 Å². The molecule has 1 aromatic heterocycles. The number of nitrogens with one attached hydrogen (secondary N) is 1. The van der Waals surface area contributed by atoms with Crippen LogP contribution >= 0.6 is 0 Å². The van der Waals surface area contributed by atoms with Crippen LogP contribution in [0.1, 0.15) is 5.69 Å². The molecule has 1 saturated heterocycles. The molecule has 2 heterocycles. The Labute approximate surface area is 90.5 Å². The van der Waals surface area contributed by atoms with Crippen molar-refractivity contribution in [1.82, 2.24) is 15.3 Å². The molecule has 0 radical (unpaired) electrons. The van der Waals surface area contributed by atoms with Crippen molar-refractivity contribution in [3.8, 4) is 0 Å². The number of nitrogens with zero attached hydrogens (tertiary/aromatic N) is 3. The van der Waals surface area contributed by atoms with Gasteiger partial charge >= 0.3 is 6.18 Å². The van der Waals surface area contributed by atoms with Gasteiger partial charge in [0.05, 0.1) is 12.4 Å². The van der Waals surface area contributed by atoms with Gasteiger partial charge in [-0.05, 0) is 0 Å². The second kappa shape index (κ2) is 4.25. The summed E-state index contributed by atoms with van der Waals surface area (Å²) in [5.74, 6) is 0.288. The molecule has 0 aliphatic carbocycles. The minimum absolute atomic E-state index is 0.288. The average Bonchev–Trinajstić information content (AvgIpc) is 2.29. The first kappa shape index (κ1) is 11.1. The summed E-state index contributed by atoms with van der Waals surface area (Å²) in [6.07, 6.45) is -2.33. The molecule has 2 rings (SSSR count). The molecule has 1 aliphatic heterocycles. The summed E-state index contributed by atoms with van der Waals surface area (Å²) < 4.78 is 37.2. The normalized spacial score (nSPS) is 17.6. The molecule has 0 bridgehead atoms. The number of anilines is 1. The van der Waals surface area contributed by atoms with Crippen molar-refractivity contribution < 1.29 is 13.2 Å². The fourth-order valence-corrected chi connectivity index (χ4v) is 1.54. The molecule has 88 valence electrons. The van der Waals surface area contributed by atoms with Gasteiger partial charge in [0, 0.05) is 26.2 Å². The van der Waals surface area contributed by atoms with Gasteiger partial charge in [0.1, 0.15) is 5.82 Å². The molecule has 4 nitrogen and oxygen atoms in total. The lowest BCUT2D eigenvalue weighted by Crippen LogP contribution is -2.44. The van der Waals surface area contributed by atoms with E-state index in [0.717, 1.165) is 19.3 Å². The van der Waals surface area contributed by atoms with Gasteiger partial charge < -0.3 is 10.2 Å². The largest absolute Gasteiger partial charge is 0.434 e. The molecular formula is C9H11F3N4. The first-order valence-corrected chi connectivity index (χ1v) is 4.92. The maximum atomic E-state index is 12.4. The van der Waals surface area contributed by atoms with Crippen molar-refractivity contribution in [3.63, 3.8) is 0 Å². The van der Waals surface area contributed by atoms with E-state index in [1.54, 1.807) is 4.90 Å². The highest BCUT2D eigenvalue weighted by Crippen LogP contribution is 2.28. The van der Waals surface area contributed by atoms with Gasteiger partial charge in [0.2, 0.25) is 0 Å². The van der Waals surface area contributed by atoms with E-state index in [4.69, 9.17) is 0 Å². The van der Waals surface area contributed by atoms with E-state index in [0.29, 0.717) is 13.1 Å². The van der Waals surface area contributed by atoms with Crippen LogP contribution in [0, 0.1) is 0 Å². The van der Waals surface area contributed by atoms with Gasteiger partial charge in [-0.25, -0.2) is 4.98 Å². The number of hydrogen-bond acceptors (Lipinski definition) is 4. The van der Waals surface area contributed by atoms with Crippen LogP contribution in [0.4, 0.5) is 19.0 Å². The molecule has 1 fully saturated rings. The van der Waals surface area contributed by atoms with Gasteiger partial charge in [0.25, 0.3) is 0 Å². The molecule has 0 spiro atoms. The van der Waals surface area contributed by atoms with Crippen LogP contribution in [0.25, 0.3) is 0 Å². The van der Waals surface area contributed by atoms with E-state index in [1.807, 2.05) is 0 Å². The number of piperazine rings is 1. The number of hydrogen-bond donors (Lipinski definition) is 1. The number of rotatable bonds is 1. The Balaban J connectivity index is 2.21. The third-order valence-electron chi connectivity index (χ3n) is 2.35. The lowest BCUT2D eigenvalue weighted by molar-refractivity contribution is -0.141. The molecule has 0 saturated carbocycles. The monoisotopic (exact) mass is 232 g/mol. The Morgan fingerprint density at radius 3 is 2.50 bits per heavy atom. The van der Waals surface area contributed by atoms with E-state index in [-0.39, 0.29) is 5.82 Å². The molecular weight excluding hydrogens is 221 g/mol. The summed E-state index contributed by atoms with van der Waals surface area (Å²) in [6.45, 7) is 2.79. The van der Waals surface area contributed by atoms with Crippen molar-refractivity contribution in [2.75, 3.05) is 31.1 Å². The lowest BCUT2D eigenvalue weighted by Gasteiger charge is -2.28. The van der Waals surface area contributed by atoms with Crippen molar-refractivity contribution in [2.24, 2.45) is 0 Å². The standard InChI is InChI=1S/C9H11F3N4/c10-9(11,12)7-5-14-6-8(15-7)16-3-1-13-2-4-16/h5-6,13H,1-4H2. The van der Waals surface area contributed by atoms with Crippen LogP contribution in [0.3, 0.4) is 0 Å². The van der Waals surface area contributed by atoms with E-state index < -0.39 is 11.9 Å². The first-order chi connectivity index (χ1) is 7.57. The Hall–Kier alpha value is -1.37. The molecule has 0 aromatic carbocycles. The van der Waals surface area contributed by atoms with Crippen molar-refractivity contribution in [1.29, 1.82) is 0 Å². The van der Waals surface area contributed by atoms with Gasteiger partial charge in [-0.3, -0.25) is 4.98 Å². The third-order valence-corrected chi connectivity index (χ3v) is 2.35. The Morgan fingerprint density at radius 2 is 1.88 bits per heavy atom. The zero-order valence-corrected chi connectivity index (χ0v) is 8.46. The van der Waals surface area contributed by atoms with E-state index >= 15 is 0 Å². The van der Waals surface area contributed by atoms with Gasteiger partial charge in [-0.2, -0.15) is 13.2 Å². The lowest BCUT2D eigenvalue weighted by atomic mass is 10.3. The summed E-state index contributed by atoms with van der Waals surface area (Å²) >= 11 is 0. The van der Waals surface area contributed by atoms with Crippen LogP contribution in [0.5, 0.6) is 0 Å². The molecule has 7 heteroatoms. The second-order valence-electron chi connectivity index (χ2n) is 3.50. The van der Waals surface area contributed by atoms with E-state index in [2.05, 4.69) is 15.3 Å². The maximum Gasteiger partial charge on any atom is 0.434 e. The van der Waals surface area contributed by atoms with Crippen LogP contribution in [0.2, 0.25) is 0 Å². The summed E-state index contributed by atoms with van der Waals surface area (Å²) in [4.78, 5) is 8.95. The molecule has 0 atom stereocenters. The topological polar surface area (TPSA) is 41.1 Å². The summed E-state index contributed by atoms with van der Waals surface area (Å²) in [6, 6.07) is 0. The highest BCUT2D eigenvalue weighted by Gasteiger charge is 2.33. The molecule has 0 unspecified atom stereocenters. The van der Waals surface area contributed by atoms with Crippen molar-refractivity contribution in [2.45, 2.75) is 6.18 Å². The van der Waals surface area contributed by atoms with Gasteiger partial charge in [-0.15, -0.1) is 0 Å². The summed E-state index contributed by atoms with van der Waals surface area (Å²) in [5, 5.41) is 3.12. The van der Waals surface area contributed by atoms with Crippen molar-refractivity contribution in [3.05, 3.63) is 18.1 Å². The number of halogens is 3. The zero-order chi connectivity index (χ0) is 11.6. The SMILES string of the molecule is FC(F)(F)c1cncc(N2CCNCC2)n1. The Kier molecular flexibility index (Phi) is 2.95. The van der Waals surface area contributed by atoms with Crippen molar-refractivity contribution >= 4 is 5.82 Å². The molecule has 16 heavy (non-hydrogen) atoms. The molecule has 1 aliphatic rings. The third kappa shape index (κ3) is 2.41. The fraction of sp³-hybridized carbons (Fsp3) is 0.556. The maximum absolute atomic E-state index is 12.4. The smallest absolute Gasteiger partial charge is 0.353 e. The predicted molar refractivity (Wildman–Crippen MR) is 52.1 cm³/mol. The van der Waals surface area contributed by atoms with Gasteiger partial charge in [0.15, 0.2) is 5.69 Å². The molecule has 1 aromatic rings. The van der Waals surface area contributed by atoms with E-state index in [1.165, 1.54) is 6.20 Å². The zero-order valence-electron chi connectivity index (χ0n) is 8.46. The van der Waals surface area contributed by atoms with Crippen LogP contribution in [-0.4, -0.2) is 36.1 Å². The highest BCUT2D eigenvalue weighted by atomic mass is 19.4. The Morgan fingerprint density at radius 1 is 1.19 bits per heavy atom. The first-order valence-electron chi connectivity index (χ1n) is 4.92. The van der Waals surface area contributed by atoms with Gasteiger partial charge in [-0.1, -0.05) is 0 Å². The number of aromatic nitrogens is 2. The minimum Gasteiger partial charge on any atom is -0.353 e. The van der Waals surface area contributed by atoms with E-state index in [9.17, 15) is 13.2 Å². The second-order valence-corrected chi connectivity index (χ2v) is 3.50. The van der Waals surface area contributed by atoms with Crippen LogP contribution in [0.15, 0.2) is 12.4 Å². The summed E-state index contributed by atoms with van der Waals surface area (Å²) in [5.41, 5.74) is -0.941. The Bertz CT molecular complexity index is 360. The average molecular weight is 232 g/mol. The number of alkyl halides is 3. The molecule has 1 N–H and O–H groups in total. The quantitative estimate of drug-likeness (QED) is 0.781.